The molecule has 72 valence electrons. The first-order valence-corrected chi connectivity index (χ1v) is 5.01. The molecule has 1 rings (SSSR count). The quantitative estimate of drug-likeness (QED) is 0.870. The molecule has 0 saturated carbocycles. The lowest BCUT2D eigenvalue weighted by Gasteiger charge is -2.05. The van der Waals surface area contributed by atoms with Crippen molar-refractivity contribution in [2.75, 3.05) is 0 Å². The highest BCUT2D eigenvalue weighted by Crippen LogP contribution is 2.16. The van der Waals surface area contributed by atoms with Gasteiger partial charge in [-0.3, -0.25) is 0 Å². The minimum atomic E-state index is -0.372. The summed E-state index contributed by atoms with van der Waals surface area (Å²) in [6, 6.07) is 4.99. The molecule has 0 spiro atoms. The van der Waals surface area contributed by atoms with Gasteiger partial charge in [-0.1, -0.05) is 22.0 Å². The van der Waals surface area contributed by atoms with Crippen molar-refractivity contribution in [1.29, 1.82) is 0 Å². The number of benzene rings is 1. The number of hydrogen-bond acceptors (Lipinski definition) is 1. The van der Waals surface area contributed by atoms with Crippen molar-refractivity contribution in [2.45, 2.75) is 25.9 Å². The predicted octanol–water partition coefficient (Wildman–Crippen LogP) is 2.90. The highest BCUT2D eigenvalue weighted by molar-refractivity contribution is 9.10. The lowest BCUT2D eigenvalue weighted by molar-refractivity contribution is 0.184. The van der Waals surface area contributed by atoms with Gasteiger partial charge in [0, 0.05) is 4.47 Å². The number of rotatable bonds is 3. The monoisotopic (exact) mass is 246 g/mol. The Morgan fingerprint density at radius 3 is 2.77 bits per heavy atom. The second-order valence-electron chi connectivity index (χ2n) is 3.12. The standard InChI is InChI=1S/C10H12BrFO/c1-7(13)2-3-8-4-5-9(11)6-10(8)12/h4-7,13H,2-3H2,1H3/t7-/m0/s1. The molecule has 13 heavy (non-hydrogen) atoms. The van der Waals surface area contributed by atoms with Gasteiger partial charge in [0.05, 0.1) is 6.10 Å². The van der Waals surface area contributed by atoms with E-state index in [9.17, 15) is 4.39 Å². The lowest BCUT2D eigenvalue weighted by atomic mass is 10.1. The summed E-state index contributed by atoms with van der Waals surface area (Å²) < 4.78 is 13.9. The highest BCUT2D eigenvalue weighted by atomic mass is 79.9. The first-order chi connectivity index (χ1) is 6.09. The van der Waals surface area contributed by atoms with E-state index in [2.05, 4.69) is 15.9 Å². The molecule has 1 atom stereocenters. The SMILES string of the molecule is C[C@H](O)CCc1ccc(Br)cc1F. The van der Waals surface area contributed by atoms with E-state index in [0.29, 0.717) is 18.4 Å². The summed E-state index contributed by atoms with van der Waals surface area (Å²) in [5, 5.41) is 9.03. The summed E-state index contributed by atoms with van der Waals surface area (Å²) in [6.45, 7) is 1.71. The Morgan fingerprint density at radius 2 is 2.23 bits per heavy atom. The second-order valence-corrected chi connectivity index (χ2v) is 4.04. The van der Waals surface area contributed by atoms with Gasteiger partial charge in [-0.25, -0.2) is 4.39 Å². The van der Waals surface area contributed by atoms with Gasteiger partial charge in [0.1, 0.15) is 5.82 Å². The minimum absolute atomic E-state index is 0.213. The van der Waals surface area contributed by atoms with Gasteiger partial charge in [-0.2, -0.15) is 0 Å². The fourth-order valence-corrected chi connectivity index (χ4v) is 1.42. The van der Waals surface area contributed by atoms with Gasteiger partial charge in [-0.05, 0) is 37.5 Å². The van der Waals surface area contributed by atoms with Crippen LogP contribution in [0.5, 0.6) is 0 Å². The van der Waals surface area contributed by atoms with E-state index >= 15 is 0 Å². The fourth-order valence-electron chi connectivity index (χ4n) is 1.09. The number of aryl methyl sites for hydroxylation is 1. The van der Waals surface area contributed by atoms with Crippen molar-refractivity contribution >= 4 is 15.9 Å². The Kier molecular flexibility index (Phi) is 3.88. The molecule has 0 aliphatic heterocycles. The van der Waals surface area contributed by atoms with Crippen LogP contribution >= 0.6 is 15.9 Å². The number of aliphatic hydroxyl groups excluding tert-OH is 1. The van der Waals surface area contributed by atoms with E-state index in [1.165, 1.54) is 6.07 Å². The summed E-state index contributed by atoms with van der Waals surface area (Å²) in [4.78, 5) is 0. The van der Waals surface area contributed by atoms with E-state index in [-0.39, 0.29) is 11.9 Å². The predicted molar refractivity (Wildman–Crippen MR) is 54.1 cm³/mol. The van der Waals surface area contributed by atoms with Crippen molar-refractivity contribution in [3.05, 3.63) is 34.1 Å². The van der Waals surface area contributed by atoms with Crippen molar-refractivity contribution < 1.29 is 9.50 Å². The van der Waals surface area contributed by atoms with Crippen LogP contribution in [0.15, 0.2) is 22.7 Å². The van der Waals surface area contributed by atoms with E-state index in [4.69, 9.17) is 5.11 Å². The van der Waals surface area contributed by atoms with Gasteiger partial charge in [0.25, 0.3) is 0 Å². The fraction of sp³-hybridized carbons (Fsp3) is 0.400. The van der Waals surface area contributed by atoms with Gasteiger partial charge in [0.2, 0.25) is 0 Å². The average Bonchev–Trinajstić information content (AvgIpc) is 2.02. The smallest absolute Gasteiger partial charge is 0.127 e. The number of aliphatic hydroxyl groups is 1. The van der Waals surface area contributed by atoms with Crippen LogP contribution in [0.3, 0.4) is 0 Å². The summed E-state index contributed by atoms with van der Waals surface area (Å²) >= 11 is 3.19. The third-order valence-corrected chi connectivity index (χ3v) is 2.34. The van der Waals surface area contributed by atoms with Gasteiger partial charge < -0.3 is 5.11 Å². The van der Waals surface area contributed by atoms with Gasteiger partial charge in [-0.15, -0.1) is 0 Å². The molecule has 3 heteroatoms. The zero-order valence-corrected chi connectivity index (χ0v) is 9.01. The molecule has 0 saturated heterocycles. The van der Waals surface area contributed by atoms with Crippen molar-refractivity contribution in [2.24, 2.45) is 0 Å². The van der Waals surface area contributed by atoms with Crippen molar-refractivity contribution in [3.8, 4) is 0 Å². The lowest BCUT2D eigenvalue weighted by Crippen LogP contribution is -2.02. The van der Waals surface area contributed by atoms with Crippen LogP contribution in [-0.4, -0.2) is 11.2 Å². The molecule has 1 nitrogen and oxygen atoms in total. The molecule has 0 unspecified atom stereocenters. The number of halogens is 2. The minimum Gasteiger partial charge on any atom is -0.393 e. The Hall–Kier alpha value is -0.410. The van der Waals surface area contributed by atoms with Crippen LogP contribution in [0, 0.1) is 5.82 Å². The first kappa shape index (κ1) is 10.7. The molecule has 0 aromatic heterocycles. The zero-order valence-electron chi connectivity index (χ0n) is 7.43. The summed E-state index contributed by atoms with van der Waals surface area (Å²) in [5.41, 5.74) is 0.657. The van der Waals surface area contributed by atoms with Crippen LogP contribution in [0.2, 0.25) is 0 Å². The maximum absolute atomic E-state index is 13.2. The molecule has 1 aromatic rings. The van der Waals surface area contributed by atoms with Gasteiger partial charge in [0.15, 0.2) is 0 Å². The topological polar surface area (TPSA) is 20.2 Å². The van der Waals surface area contributed by atoms with E-state index in [0.717, 1.165) is 4.47 Å². The molecule has 1 N–H and O–H groups in total. The first-order valence-electron chi connectivity index (χ1n) is 4.21. The molecule has 0 fully saturated rings. The van der Waals surface area contributed by atoms with Crippen molar-refractivity contribution in [1.82, 2.24) is 0 Å². The Morgan fingerprint density at radius 1 is 1.54 bits per heavy atom. The molecule has 0 amide bonds. The zero-order chi connectivity index (χ0) is 9.84. The molecule has 0 aliphatic carbocycles. The van der Waals surface area contributed by atoms with Crippen LogP contribution in [-0.2, 0) is 6.42 Å². The van der Waals surface area contributed by atoms with E-state index in [1.807, 2.05) is 0 Å². The summed E-state index contributed by atoms with van der Waals surface area (Å²) in [5.74, 6) is -0.213. The third-order valence-electron chi connectivity index (χ3n) is 1.85. The van der Waals surface area contributed by atoms with Crippen LogP contribution in [0.1, 0.15) is 18.9 Å². The Labute approximate surface area is 85.7 Å². The Bertz CT molecular complexity index is 286. The summed E-state index contributed by atoms with van der Waals surface area (Å²) in [7, 11) is 0. The second kappa shape index (κ2) is 4.72. The molecule has 0 heterocycles. The Balaban J connectivity index is 2.67. The molecule has 1 aromatic carbocycles. The highest BCUT2D eigenvalue weighted by Gasteiger charge is 2.04. The molecular formula is C10H12BrFO. The molecular weight excluding hydrogens is 235 g/mol. The molecule has 0 aliphatic rings. The van der Waals surface area contributed by atoms with E-state index in [1.54, 1.807) is 19.1 Å². The summed E-state index contributed by atoms with van der Waals surface area (Å²) in [6.07, 6.45) is 0.804. The average molecular weight is 247 g/mol. The third kappa shape index (κ3) is 3.44. The molecule has 0 radical (unpaired) electrons. The molecule has 0 bridgehead atoms. The van der Waals surface area contributed by atoms with E-state index < -0.39 is 0 Å². The normalized spacial score (nSPS) is 12.9. The van der Waals surface area contributed by atoms with Gasteiger partial charge >= 0.3 is 0 Å². The van der Waals surface area contributed by atoms with Crippen molar-refractivity contribution in [3.63, 3.8) is 0 Å². The van der Waals surface area contributed by atoms with Crippen LogP contribution in [0.4, 0.5) is 4.39 Å². The van der Waals surface area contributed by atoms with Crippen LogP contribution < -0.4 is 0 Å². The maximum atomic E-state index is 13.2. The maximum Gasteiger partial charge on any atom is 0.127 e. The largest absolute Gasteiger partial charge is 0.393 e. The van der Waals surface area contributed by atoms with Crippen LogP contribution in [0.25, 0.3) is 0 Å². The number of hydrogen-bond donors (Lipinski definition) is 1.